The lowest BCUT2D eigenvalue weighted by molar-refractivity contribution is -0.123. The summed E-state index contributed by atoms with van der Waals surface area (Å²) in [5.74, 6) is -2.77. The van der Waals surface area contributed by atoms with Gasteiger partial charge in [-0.25, -0.2) is 17.2 Å². The van der Waals surface area contributed by atoms with E-state index in [4.69, 9.17) is 4.74 Å². The molecule has 24 heavy (non-hydrogen) atoms. The molecule has 128 valence electrons. The van der Waals surface area contributed by atoms with E-state index in [9.17, 15) is 22.0 Å². The Kier molecular flexibility index (Phi) is 5.47. The molecule has 0 aliphatic carbocycles. The highest BCUT2D eigenvalue weighted by molar-refractivity contribution is 7.89. The molecule has 0 spiro atoms. The first kappa shape index (κ1) is 17.8. The standard InChI is InChI=1S/C15H14F2N2O4S/c1-10-4-2-3-5-14(10)23-9-15(20)18-19-24(21,22)11-6-7-12(16)13(17)8-11/h2-8,19H,9H2,1H3,(H,18,20). The minimum absolute atomic E-state index is 0.425. The van der Waals surface area contributed by atoms with Crippen LogP contribution in [-0.4, -0.2) is 20.9 Å². The summed E-state index contributed by atoms with van der Waals surface area (Å²) in [6, 6.07) is 9.04. The quantitative estimate of drug-likeness (QED) is 0.771. The molecule has 0 unspecified atom stereocenters. The average Bonchev–Trinajstić information content (AvgIpc) is 2.54. The number of hydrazine groups is 1. The van der Waals surface area contributed by atoms with Gasteiger partial charge in [0.2, 0.25) is 0 Å². The second kappa shape index (κ2) is 7.37. The van der Waals surface area contributed by atoms with Crippen LogP contribution in [0.25, 0.3) is 0 Å². The van der Waals surface area contributed by atoms with E-state index in [2.05, 4.69) is 0 Å². The Morgan fingerprint density at radius 2 is 1.83 bits per heavy atom. The second-order valence-corrected chi connectivity index (χ2v) is 6.47. The van der Waals surface area contributed by atoms with Gasteiger partial charge in [-0.05, 0) is 36.8 Å². The molecule has 2 rings (SSSR count). The molecular weight excluding hydrogens is 342 g/mol. The summed E-state index contributed by atoms with van der Waals surface area (Å²) >= 11 is 0. The topological polar surface area (TPSA) is 84.5 Å². The zero-order valence-electron chi connectivity index (χ0n) is 12.5. The predicted molar refractivity (Wildman–Crippen MR) is 81.5 cm³/mol. The number of carbonyl (C=O) groups is 1. The molecule has 0 saturated carbocycles. The van der Waals surface area contributed by atoms with Crippen LogP contribution in [0.1, 0.15) is 5.56 Å². The molecule has 0 aliphatic rings. The largest absolute Gasteiger partial charge is 0.483 e. The van der Waals surface area contributed by atoms with Crippen molar-refractivity contribution in [3.05, 3.63) is 59.7 Å². The third kappa shape index (κ3) is 4.49. The molecule has 0 atom stereocenters. The monoisotopic (exact) mass is 356 g/mol. The number of nitrogens with one attached hydrogen (secondary N) is 2. The number of benzene rings is 2. The summed E-state index contributed by atoms with van der Waals surface area (Å²) in [7, 11) is -4.23. The number of sulfonamides is 1. The highest BCUT2D eigenvalue weighted by Crippen LogP contribution is 2.16. The zero-order valence-corrected chi connectivity index (χ0v) is 13.4. The van der Waals surface area contributed by atoms with Crippen LogP contribution < -0.4 is 15.0 Å². The Hall–Kier alpha value is -2.52. The van der Waals surface area contributed by atoms with Crippen molar-refractivity contribution in [2.24, 2.45) is 0 Å². The SMILES string of the molecule is Cc1ccccc1OCC(=O)NNS(=O)(=O)c1ccc(F)c(F)c1. The van der Waals surface area contributed by atoms with Gasteiger partial charge in [-0.2, -0.15) is 0 Å². The average molecular weight is 356 g/mol. The van der Waals surface area contributed by atoms with Crippen LogP contribution in [0.15, 0.2) is 47.4 Å². The first-order valence-corrected chi connectivity index (χ1v) is 8.22. The van der Waals surface area contributed by atoms with Crippen LogP contribution in [0.2, 0.25) is 0 Å². The predicted octanol–water partition coefficient (Wildman–Crippen LogP) is 1.66. The maximum absolute atomic E-state index is 13.1. The highest BCUT2D eigenvalue weighted by atomic mass is 32.2. The van der Waals surface area contributed by atoms with Crippen molar-refractivity contribution in [2.75, 3.05) is 6.61 Å². The highest BCUT2D eigenvalue weighted by Gasteiger charge is 2.17. The van der Waals surface area contributed by atoms with Crippen molar-refractivity contribution in [3.63, 3.8) is 0 Å². The van der Waals surface area contributed by atoms with Crippen LogP contribution in [-0.2, 0) is 14.8 Å². The van der Waals surface area contributed by atoms with Gasteiger partial charge in [-0.1, -0.05) is 18.2 Å². The molecule has 0 fully saturated rings. The molecule has 2 aromatic carbocycles. The number of ether oxygens (including phenoxy) is 1. The van der Waals surface area contributed by atoms with Gasteiger partial charge in [-0.3, -0.25) is 10.2 Å². The Morgan fingerprint density at radius 1 is 1.12 bits per heavy atom. The normalized spacial score (nSPS) is 11.1. The Balaban J connectivity index is 1.93. The minimum Gasteiger partial charge on any atom is -0.483 e. The van der Waals surface area contributed by atoms with E-state index in [1.54, 1.807) is 36.0 Å². The number of para-hydroxylation sites is 1. The van der Waals surface area contributed by atoms with Gasteiger partial charge < -0.3 is 4.74 Å². The molecule has 0 saturated heterocycles. The molecular formula is C15H14F2N2O4S. The fraction of sp³-hybridized carbons (Fsp3) is 0.133. The van der Waals surface area contributed by atoms with Crippen LogP contribution in [0.5, 0.6) is 5.75 Å². The summed E-state index contributed by atoms with van der Waals surface area (Å²) in [4.78, 5) is 12.9. The Bertz CT molecular complexity index is 856. The third-order valence-electron chi connectivity index (χ3n) is 2.98. The van der Waals surface area contributed by atoms with Gasteiger partial charge in [0.25, 0.3) is 15.9 Å². The molecule has 0 bridgehead atoms. The first-order valence-electron chi connectivity index (χ1n) is 6.74. The lowest BCUT2D eigenvalue weighted by Gasteiger charge is -2.10. The lowest BCUT2D eigenvalue weighted by Crippen LogP contribution is -2.43. The van der Waals surface area contributed by atoms with E-state index < -0.39 is 39.1 Å². The minimum atomic E-state index is -4.23. The number of carbonyl (C=O) groups excluding carboxylic acids is 1. The summed E-state index contributed by atoms with van der Waals surface area (Å²) in [6.07, 6.45) is 0. The van der Waals surface area contributed by atoms with E-state index in [0.29, 0.717) is 17.9 Å². The van der Waals surface area contributed by atoms with Gasteiger partial charge in [0.05, 0.1) is 4.90 Å². The first-order chi connectivity index (χ1) is 11.3. The molecule has 0 aromatic heterocycles. The number of aryl methyl sites for hydroxylation is 1. The van der Waals surface area contributed by atoms with Crippen LogP contribution in [0, 0.1) is 18.6 Å². The fourth-order valence-electron chi connectivity index (χ4n) is 1.72. The third-order valence-corrected chi connectivity index (χ3v) is 4.22. The van der Waals surface area contributed by atoms with E-state index in [0.717, 1.165) is 11.6 Å². The number of halogens is 2. The maximum atomic E-state index is 13.1. The zero-order chi connectivity index (χ0) is 17.7. The lowest BCUT2D eigenvalue weighted by atomic mass is 10.2. The van der Waals surface area contributed by atoms with Gasteiger partial charge in [0, 0.05) is 0 Å². The molecule has 9 heteroatoms. The van der Waals surface area contributed by atoms with Crippen LogP contribution in [0.4, 0.5) is 8.78 Å². The van der Waals surface area contributed by atoms with Gasteiger partial charge >= 0.3 is 0 Å². The molecule has 2 N–H and O–H groups in total. The molecule has 6 nitrogen and oxygen atoms in total. The number of amides is 1. The molecule has 0 radical (unpaired) electrons. The molecule has 2 aromatic rings. The summed E-state index contributed by atoms with van der Waals surface area (Å²) in [5, 5.41) is 0. The smallest absolute Gasteiger partial charge is 0.272 e. The van der Waals surface area contributed by atoms with Gasteiger partial charge in [0.1, 0.15) is 5.75 Å². The van der Waals surface area contributed by atoms with Crippen molar-refractivity contribution < 1.29 is 26.7 Å². The Labute approximate surface area is 137 Å². The summed E-state index contributed by atoms with van der Waals surface area (Å²) in [5.41, 5.74) is 2.74. The van der Waals surface area contributed by atoms with Crippen molar-refractivity contribution in [1.82, 2.24) is 10.3 Å². The second-order valence-electron chi connectivity index (χ2n) is 4.78. The fourth-order valence-corrected chi connectivity index (χ4v) is 2.60. The number of hydrogen-bond donors (Lipinski definition) is 2. The van der Waals surface area contributed by atoms with Crippen molar-refractivity contribution >= 4 is 15.9 Å². The van der Waals surface area contributed by atoms with E-state index in [-0.39, 0.29) is 0 Å². The van der Waals surface area contributed by atoms with Gasteiger partial charge in [0.15, 0.2) is 18.2 Å². The van der Waals surface area contributed by atoms with Crippen molar-refractivity contribution in [1.29, 1.82) is 0 Å². The molecule has 1 amide bonds. The van der Waals surface area contributed by atoms with Crippen LogP contribution >= 0.6 is 0 Å². The van der Waals surface area contributed by atoms with Crippen molar-refractivity contribution in [3.8, 4) is 5.75 Å². The van der Waals surface area contributed by atoms with Crippen LogP contribution in [0.3, 0.4) is 0 Å². The summed E-state index contributed by atoms with van der Waals surface area (Å²) < 4.78 is 54.9. The molecule has 0 heterocycles. The van der Waals surface area contributed by atoms with E-state index in [1.165, 1.54) is 0 Å². The summed E-state index contributed by atoms with van der Waals surface area (Å²) in [6.45, 7) is 1.37. The van der Waals surface area contributed by atoms with Crippen molar-refractivity contribution in [2.45, 2.75) is 11.8 Å². The number of rotatable bonds is 6. The Morgan fingerprint density at radius 3 is 2.50 bits per heavy atom. The van der Waals surface area contributed by atoms with E-state index in [1.807, 2.05) is 5.43 Å². The van der Waals surface area contributed by atoms with Gasteiger partial charge in [-0.15, -0.1) is 4.83 Å². The number of hydrogen-bond acceptors (Lipinski definition) is 4. The molecule has 0 aliphatic heterocycles. The van der Waals surface area contributed by atoms with E-state index >= 15 is 0 Å². The maximum Gasteiger partial charge on any atom is 0.272 e.